The number of ether oxygens (including phenoxy) is 1. The van der Waals surface area contributed by atoms with E-state index in [-0.39, 0.29) is 11.6 Å². The van der Waals surface area contributed by atoms with Crippen LogP contribution in [0.25, 0.3) is 0 Å². The molecular weight excluding hydrogens is 431 g/mol. The molecule has 0 atom stereocenters. The first-order valence-corrected chi connectivity index (χ1v) is 9.94. The molecule has 1 aliphatic rings. The van der Waals surface area contributed by atoms with E-state index < -0.39 is 23.7 Å². The molecule has 1 fully saturated rings. The lowest BCUT2D eigenvalue weighted by molar-refractivity contribution is -0.274. The molecule has 3 rings (SSSR count). The minimum atomic E-state index is -4.91. The molecule has 174 valence electrons. The van der Waals surface area contributed by atoms with Gasteiger partial charge in [-0.05, 0) is 31.6 Å². The van der Waals surface area contributed by atoms with Crippen LogP contribution in [0, 0.1) is 0 Å². The third-order valence-corrected chi connectivity index (χ3v) is 4.76. The van der Waals surface area contributed by atoms with Crippen LogP contribution in [0.2, 0.25) is 0 Å². The molecule has 2 aromatic rings. The van der Waals surface area contributed by atoms with Crippen LogP contribution in [0.15, 0.2) is 35.3 Å². The molecule has 0 bridgehead atoms. The van der Waals surface area contributed by atoms with Crippen molar-refractivity contribution in [2.75, 3.05) is 54.8 Å². The number of alkyl halides is 3. The molecule has 13 heteroatoms. The highest BCUT2D eigenvalue weighted by atomic mass is 19.4. The fourth-order valence-electron chi connectivity index (χ4n) is 3.25. The molecular formula is C19H24F3N7O3. The Bertz CT molecular complexity index is 975. The molecule has 0 unspecified atom stereocenters. The van der Waals surface area contributed by atoms with Gasteiger partial charge in [-0.25, -0.2) is 9.78 Å². The number of H-pyrrole nitrogens is 1. The molecule has 1 aromatic carbocycles. The smallest absolute Gasteiger partial charge is 0.404 e. The molecule has 1 saturated heterocycles. The highest BCUT2D eigenvalue weighted by Gasteiger charge is 2.32. The summed E-state index contributed by atoms with van der Waals surface area (Å²) in [5, 5.41) is 4.53. The van der Waals surface area contributed by atoms with E-state index in [1.54, 1.807) is 0 Å². The Labute approximate surface area is 181 Å². The fraction of sp³-hybridized carbons (Fsp3) is 0.421. The Morgan fingerprint density at radius 2 is 1.91 bits per heavy atom. The van der Waals surface area contributed by atoms with Crippen molar-refractivity contribution in [3.05, 3.63) is 40.8 Å². The number of rotatable bonds is 7. The number of nitrogens with one attached hydrogen (secondary N) is 3. The van der Waals surface area contributed by atoms with Crippen molar-refractivity contribution in [1.82, 2.24) is 14.9 Å². The van der Waals surface area contributed by atoms with Gasteiger partial charge in [0.25, 0.3) is 5.56 Å². The SMILES string of the molecule is NCCCN1CCN(c2cnc(NC(=O)Nc3ccccc3OC(F)(F)F)[nH]c2=O)CC1. The second kappa shape index (κ2) is 10.3. The minimum absolute atomic E-state index is 0.146. The molecule has 0 radical (unpaired) electrons. The Morgan fingerprint density at radius 3 is 2.56 bits per heavy atom. The van der Waals surface area contributed by atoms with Gasteiger partial charge < -0.3 is 20.7 Å². The Balaban J connectivity index is 1.60. The third-order valence-electron chi connectivity index (χ3n) is 4.76. The van der Waals surface area contributed by atoms with Gasteiger partial charge in [-0.3, -0.25) is 20.0 Å². The molecule has 1 aliphatic heterocycles. The van der Waals surface area contributed by atoms with Gasteiger partial charge in [0.05, 0.1) is 11.9 Å². The van der Waals surface area contributed by atoms with E-state index in [1.165, 1.54) is 24.4 Å². The van der Waals surface area contributed by atoms with Crippen LogP contribution in [-0.2, 0) is 0 Å². The molecule has 0 aliphatic carbocycles. The van der Waals surface area contributed by atoms with Crippen molar-refractivity contribution in [3.63, 3.8) is 0 Å². The van der Waals surface area contributed by atoms with Crippen LogP contribution in [0.4, 0.5) is 35.3 Å². The van der Waals surface area contributed by atoms with Crippen LogP contribution in [-0.4, -0.2) is 66.5 Å². The summed E-state index contributed by atoms with van der Waals surface area (Å²) in [4.78, 5) is 35.3. The van der Waals surface area contributed by atoms with Crippen molar-refractivity contribution in [2.24, 2.45) is 5.73 Å². The largest absolute Gasteiger partial charge is 0.573 e. The number of benzene rings is 1. The van der Waals surface area contributed by atoms with E-state index in [0.29, 0.717) is 25.3 Å². The lowest BCUT2D eigenvalue weighted by atomic mass is 10.2. The molecule has 2 amide bonds. The lowest BCUT2D eigenvalue weighted by Crippen LogP contribution is -2.48. The molecule has 32 heavy (non-hydrogen) atoms. The number of amides is 2. The number of piperazine rings is 1. The van der Waals surface area contributed by atoms with E-state index in [1.807, 2.05) is 4.90 Å². The molecule has 5 N–H and O–H groups in total. The van der Waals surface area contributed by atoms with Crippen molar-refractivity contribution < 1.29 is 22.7 Å². The van der Waals surface area contributed by atoms with Gasteiger partial charge in [0, 0.05) is 26.2 Å². The Hall–Kier alpha value is -3.32. The van der Waals surface area contributed by atoms with E-state index >= 15 is 0 Å². The Morgan fingerprint density at radius 1 is 1.19 bits per heavy atom. The normalized spacial score (nSPS) is 14.8. The fourth-order valence-corrected chi connectivity index (χ4v) is 3.25. The lowest BCUT2D eigenvalue weighted by Gasteiger charge is -2.35. The van der Waals surface area contributed by atoms with E-state index in [2.05, 4.69) is 30.2 Å². The van der Waals surface area contributed by atoms with Crippen LogP contribution in [0.1, 0.15) is 6.42 Å². The van der Waals surface area contributed by atoms with Gasteiger partial charge >= 0.3 is 12.4 Å². The zero-order chi connectivity index (χ0) is 23.1. The maximum Gasteiger partial charge on any atom is 0.573 e. The number of hydrogen-bond acceptors (Lipinski definition) is 7. The zero-order valence-corrected chi connectivity index (χ0v) is 17.1. The first-order chi connectivity index (χ1) is 15.2. The number of carbonyl (C=O) groups excluding carboxylic acids is 1. The monoisotopic (exact) mass is 455 g/mol. The van der Waals surface area contributed by atoms with Gasteiger partial charge in [-0.2, -0.15) is 0 Å². The van der Waals surface area contributed by atoms with Crippen molar-refractivity contribution >= 4 is 23.4 Å². The highest BCUT2D eigenvalue weighted by molar-refractivity contribution is 5.99. The molecule has 10 nitrogen and oxygen atoms in total. The number of aromatic amines is 1. The number of nitrogens with two attached hydrogens (primary N) is 1. The summed E-state index contributed by atoms with van der Waals surface area (Å²) < 4.78 is 41.4. The van der Waals surface area contributed by atoms with Gasteiger partial charge in [0.2, 0.25) is 5.95 Å². The second-order valence-corrected chi connectivity index (χ2v) is 7.04. The topological polar surface area (TPSA) is 129 Å². The summed E-state index contributed by atoms with van der Waals surface area (Å²) in [5.74, 6) is -0.718. The molecule has 1 aromatic heterocycles. The number of halogens is 3. The number of urea groups is 1. The van der Waals surface area contributed by atoms with Gasteiger partial charge in [0.1, 0.15) is 5.69 Å². The summed E-state index contributed by atoms with van der Waals surface area (Å²) in [6, 6.07) is 4.18. The van der Waals surface area contributed by atoms with Gasteiger partial charge in [-0.15, -0.1) is 13.2 Å². The summed E-state index contributed by atoms with van der Waals surface area (Å²) in [6.45, 7) is 4.43. The van der Waals surface area contributed by atoms with Crippen LogP contribution in [0.3, 0.4) is 0 Å². The van der Waals surface area contributed by atoms with Crippen LogP contribution < -0.4 is 31.6 Å². The number of para-hydroxylation sites is 2. The van der Waals surface area contributed by atoms with Crippen LogP contribution >= 0.6 is 0 Å². The average Bonchev–Trinajstić information content (AvgIpc) is 2.73. The van der Waals surface area contributed by atoms with Crippen molar-refractivity contribution in [1.29, 1.82) is 0 Å². The zero-order valence-electron chi connectivity index (χ0n) is 17.1. The van der Waals surface area contributed by atoms with E-state index in [9.17, 15) is 22.8 Å². The standard InChI is InChI=1S/C19H24F3N7O3/c20-19(21,22)32-15-5-2-1-4-13(15)25-18(31)27-17-24-12-14(16(30)26-17)29-10-8-28(9-11-29)7-3-6-23/h1-2,4-5,12H,3,6-11,23H2,(H3,24,25,26,27,30,31). The van der Waals surface area contributed by atoms with Crippen molar-refractivity contribution in [2.45, 2.75) is 12.8 Å². The maximum absolute atomic E-state index is 12.5. The number of anilines is 3. The van der Waals surface area contributed by atoms with Crippen molar-refractivity contribution in [3.8, 4) is 5.75 Å². The first-order valence-electron chi connectivity index (χ1n) is 9.94. The number of carbonyl (C=O) groups is 1. The quantitative estimate of drug-likeness (QED) is 0.501. The number of nitrogens with zero attached hydrogens (tertiary/aromatic N) is 3. The number of aromatic nitrogens is 2. The summed E-state index contributed by atoms with van der Waals surface area (Å²) in [5.41, 5.74) is 5.27. The van der Waals surface area contributed by atoms with Gasteiger partial charge in [0.15, 0.2) is 5.75 Å². The summed E-state index contributed by atoms with van der Waals surface area (Å²) >= 11 is 0. The summed E-state index contributed by atoms with van der Waals surface area (Å²) in [6.07, 6.45) is -2.64. The number of hydrogen-bond donors (Lipinski definition) is 4. The highest BCUT2D eigenvalue weighted by Crippen LogP contribution is 2.29. The maximum atomic E-state index is 12.5. The molecule has 0 spiro atoms. The van der Waals surface area contributed by atoms with E-state index in [4.69, 9.17) is 5.73 Å². The first kappa shape index (κ1) is 23.3. The third kappa shape index (κ3) is 6.59. The minimum Gasteiger partial charge on any atom is -0.404 e. The molecule has 0 saturated carbocycles. The average molecular weight is 455 g/mol. The Kier molecular flexibility index (Phi) is 7.53. The molecule has 2 heterocycles. The second-order valence-electron chi connectivity index (χ2n) is 7.04. The summed E-state index contributed by atoms with van der Waals surface area (Å²) in [7, 11) is 0. The van der Waals surface area contributed by atoms with Crippen LogP contribution in [0.5, 0.6) is 5.75 Å². The predicted octanol–water partition coefficient (Wildman–Crippen LogP) is 1.78. The predicted molar refractivity (Wildman–Crippen MR) is 113 cm³/mol. The van der Waals surface area contributed by atoms with Gasteiger partial charge in [-0.1, -0.05) is 12.1 Å². The van der Waals surface area contributed by atoms with E-state index in [0.717, 1.165) is 32.1 Å².